The third kappa shape index (κ3) is 5.04. The number of nitrogens with zero attached hydrogens (tertiary/aromatic N) is 6. The highest BCUT2D eigenvalue weighted by Gasteiger charge is 2.22. The second kappa shape index (κ2) is 12.8. The van der Waals surface area contributed by atoms with Gasteiger partial charge in [0.2, 0.25) is 0 Å². The minimum absolute atomic E-state index is 0.492. The summed E-state index contributed by atoms with van der Waals surface area (Å²) in [5, 5.41) is 17.3. The molecule has 8 aromatic carbocycles. The number of furan rings is 1. The SMILES string of the molecule is N#Cc1cc(-c2nc(-c3ccccc3)nc(-c3ccccc3)n2)ccc1-n1c2ccccc2c2cc3c(cc21)oc1c3ccc2c1c1ccccc1n2-c1ccccc1. The highest BCUT2D eigenvalue weighted by atomic mass is 16.3. The maximum atomic E-state index is 10.8. The Bertz CT molecular complexity index is 3610. The molecule has 0 N–H and O–H groups in total. The molecule has 0 atom stereocenters. The number of hydrogen-bond acceptors (Lipinski definition) is 5. The summed E-state index contributed by atoms with van der Waals surface area (Å²) in [6, 6.07) is 64.3. The highest BCUT2D eigenvalue weighted by Crippen LogP contribution is 2.43. The Morgan fingerprint density at radius 2 is 1.02 bits per heavy atom. The Morgan fingerprint density at radius 3 is 1.69 bits per heavy atom. The van der Waals surface area contributed by atoms with Crippen molar-refractivity contribution in [1.82, 2.24) is 24.1 Å². The van der Waals surface area contributed by atoms with Crippen molar-refractivity contribution in [1.29, 1.82) is 5.26 Å². The van der Waals surface area contributed by atoms with E-state index in [1.807, 2.05) is 91.0 Å². The van der Waals surface area contributed by atoms with Gasteiger partial charge in [-0.1, -0.05) is 115 Å². The van der Waals surface area contributed by atoms with E-state index < -0.39 is 0 Å². The van der Waals surface area contributed by atoms with Gasteiger partial charge in [0.15, 0.2) is 17.5 Å². The number of nitriles is 1. The average Bonchev–Trinajstić information content (AvgIpc) is 3.96. The van der Waals surface area contributed by atoms with Crippen molar-refractivity contribution in [3.05, 3.63) is 188 Å². The fourth-order valence-electron chi connectivity index (χ4n) is 8.76. The zero-order valence-corrected chi connectivity index (χ0v) is 31.4. The second-order valence-electron chi connectivity index (χ2n) is 14.7. The first-order chi connectivity index (χ1) is 29.2. The zero-order chi connectivity index (χ0) is 39.0. The van der Waals surface area contributed by atoms with Crippen LogP contribution in [0.1, 0.15) is 5.56 Å². The summed E-state index contributed by atoms with van der Waals surface area (Å²) in [6.07, 6.45) is 0. The molecule has 12 aromatic rings. The van der Waals surface area contributed by atoms with Crippen molar-refractivity contribution < 1.29 is 4.42 Å². The van der Waals surface area contributed by atoms with Gasteiger partial charge < -0.3 is 13.6 Å². The van der Waals surface area contributed by atoms with E-state index in [0.717, 1.165) is 93.6 Å². The first-order valence-electron chi connectivity index (χ1n) is 19.5. The van der Waals surface area contributed by atoms with Crippen LogP contribution in [0.25, 0.3) is 111 Å². The Labute approximate surface area is 337 Å². The lowest BCUT2D eigenvalue weighted by atomic mass is 10.1. The highest BCUT2D eigenvalue weighted by molar-refractivity contribution is 6.25. The molecule has 0 unspecified atom stereocenters. The smallest absolute Gasteiger partial charge is 0.164 e. The Hall–Kier alpha value is -8.34. The largest absolute Gasteiger partial charge is 0.455 e. The predicted octanol–water partition coefficient (Wildman–Crippen LogP) is 12.8. The van der Waals surface area contributed by atoms with Gasteiger partial charge in [-0.3, -0.25) is 0 Å². The van der Waals surface area contributed by atoms with Gasteiger partial charge in [-0.05, 0) is 60.7 Å². The summed E-state index contributed by atoms with van der Waals surface area (Å²) in [6.45, 7) is 0. The third-order valence-electron chi connectivity index (χ3n) is 11.4. The normalized spacial score (nSPS) is 11.7. The second-order valence-corrected chi connectivity index (χ2v) is 14.7. The number of aromatic nitrogens is 5. The van der Waals surface area contributed by atoms with Crippen LogP contribution in [-0.4, -0.2) is 24.1 Å². The van der Waals surface area contributed by atoms with E-state index in [1.165, 1.54) is 0 Å². The summed E-state index contributed by atoms with van der Waals surface area (Å²) in [5.41, 5.74) is 10.6. The van der Waals surface area contributed by atoms with E-state index in [1.54, 1.807) is 0 Å². The molecule has 0 saturated heterocycles. The molecule has 0 radical (unpaired) electrons. The summed E-state index contributed by atoms with van der Waals surface area (Å²) >= 11 is 0. The van der Waals surface area contributed by atoms with Gasteiger partial charge in [0.25, 0.3) is 0 Å². The average molecular weight is 755 g/mol. The predicted molar refractivity (Wildman–Crippen MR) is 237 cm³/mol. The van der Waals surface area contributed by atoms with Gasteiger partial charge in [0.1, 0.15) is 17.2 Å². The maximum Gasteiger partial charge on any atom is 0.164 e. The van der Waals surface area contributed by atoms with E-state index in [9.17, 15) is 5.26 Å². The van der Waals surface area contributed by atoms with Crippen molar-refractivity contribution >= 4 is 65.6 Å². The van der Waals surface area contributed by atoms with Crippen LogP contribution in [0.2, 0.25) is 0 Å². The van der Waals surface area contributed by atoms with Gasteiger partial charge in [-0.25, -0.2) is 15.0 Å². The maximum absolute atomic E-state index is 10.8. The van der Waals surface area contributed by atoms with Crippen LogP contribution in [0.15, 0.2) is 186 Å². The molecule has 7 nitrogen and oxygen atoms in total. The van der Waals surface area contributed by atoms with E-state index in [2.05, 4.69) is 106 Å². The molecule has 0 amide bonds. The van der Waals surface area contributed by atoms with Crippen LogP contribution in [0.3, 0.4) is 0 Å². The standard InChI is InChI=1S/C52H30N6O/c53-31-35-28-34(52-55-50(32-14-4-1-5-15-32)54-51(56-52)33-16-6-2-7-17-33)24-26-42(35)58-43-22-12-10-20-37(43)40-29-41-38-25-27-45-48(49(38)59-47(41)30-46(40)58)39-21-11-13-23-44(39)57(45)36-18-8-3-9-19-36/h1-30H. The molecule has 0 aliphatic carbocycles. The van der Waals surface area contributed by atoms with E-state index in [-0.39, 0.29) is 0 Å². The number of hydrogen-bond donors (Lipinski definition) is 0. The molecule has 0 saturated carbocycles. The fraction of sp³-hybridized carbons (Fsp3) is 0. The topological polar surface area (TPSA) is 85.5 Å². The number of benzene rings is 8. The van der Waals surface area contributed by atoms with Crippen molar-refractivity contribution in [2.24, 2.45) is 0 Å². The van der Waals surface area contributed by atoms with Gasteiger partial charge in [0, 0.05) is 55.4 Å². The first-order valence-corrected chi connectivity index (χ1v) is 19.5. The van der Waals surface area contributed by atoms with Gasteiger partial charge >= 0.3 is 0 Å². The molecule has 59 heavy (non-hydrogen) atoms. The molecule has 4 aromatic heterocycles. The molecule has 12 rings (SSSR count). The fourth-order valence-corrected chi connectivity index (χ4v) is 8.76. The van der Waals surface area contributed by atoms with E-state index >= 15 is 0 Å². The lowest BCUT2D eigenvalue weighted by molar-refractivity contribution is 0.673. The minimum Gasteiger partial charge on any atom is -0.455 e. The summed E-state index contributed by atoms with van der Waals surface area (Å²) in [7, 11) is 0. The van der Waals surface area contributed by atoms with Crippen molar-refractivity contribution in [3.8, 4) is 51.6 Å². The van der Waals surface area contributed by atoms with E-state index in [0.29, 0.717) is 23.0 Å². The molecule has 4 heterocycles. The van der Waals surface area contributed by atoms with Crippen LogP contribution in [0.4, 0.5) is 0 Å². The van der Waals surface area contributed by atoms with Crippen LogP contribution >= 0.6 is 0 Å². The number of para-hydroxylation sites is 3. The van der Waals surface area contributed by atoms with Gasteiger partial charge in [-0.15, -0.1) is 0 Å². The Kier molecular flexibility index (Phi) is 7.16. The number of rotatable bonds is 5. The Morgan fingerprint density at radius 1 is 0.424 bits per heavy atom. The van der Waals surface area contributed by atoms with Crippen LogP contribution < -0.4 is 0 Å². The number of fused-ring (bicyclic) bond motifs is 10. The first kappa shape index (κ1) is 32.9. The van der Waals surface area contributed by atoms with Crippen molar-refractivity contribution in [2.45, 2.75) is 0 Å². The summed E-state index contributed by atoms with van der Waals surface area (Å²) in [5.74, 6) is 1.62. The molecule has 274 valence electrons. The molecule has 0 aliphatic heterocycles. The molecule has 0 fully saturated rings. The molecular formula is C52H30N6O. The van der Waals surface area contributed by atoms with Crippen molar-refractivity contribution in [2.75, 3.05) is 0 Å². The van der Waals surface area contributed by atoms with Crippen LogP contribution in [0.5, 0.6) is 0 Å². The lowest BCUT2D eigenvalue weighted by Crippen LogP contribution is -2.02. The summed E-state index contributed by atoms with van der Waals surface area (Å²) in [4.78, 5) is 14.7. The molecule has 0 spiro atoms. The van der Waals surface area contributed by atoms with Gasteiger partial charge in [0.05, 0.1) is 38.7 Å². The van der Waals surface area contributed by atoms with Crippen LogP contribution in [0, 0.1) is 11.3 Å². The quantitative estimate of drug-likeness (QED) is 0.175. The van der Waals surface area contributed by atoms with E-state index in [4.69, 9.17) is 19.4 Å². The Balaban J connectivity index is 1.06. The lowest BCUT2D eigenvalue weighted by Gasteiger charge is -2.12. The molecule has 0 aliphatic rings. The monoisotopic (exact) mass is 754 g/mol. The molecular weight excluding hydrogens is 725 g/mol. The third-order valence-corrected chi connectivity index (χ3v) is 11.4. The molecule has 7 heteroatoms. The van der Waals surface area contributed by atoms with Crippen molar-refractivity contribution in [3.63, 3.8) is 0 Å². The van der Waals surface area contributed by atoms with Crippen LogP contribution in [-0.2, 0) is 0 Å². The minimum atomic E-state index is 0.492. The molecule has 0 bridgehead atoms. The zero-order valence-electron chi connectivity index (χ0n) is 31.4. The summed E-state index contributed by atoms with van der Waals surface area (Å²) < 4.78 is 11.4. The van der Waals surface area contributed by atoms with Gasteiger partial charge in [-0.2, -0.15) is 5.26 Å².